The van der Waals surface area contributed by atoms with Gasteiger partial charge in [-0.25, -0.2) is 4.39 Å². The highest BCUT2D eigenvalue weighted by atomic mass is 35.5. The van der Waals surface area contributed by atoms with Crippen molar-refractivity contribution < 1.29 is 9.23 Å². The Morgan fingerprint density at radius 3 is 2.77 bits per heavy atom. The zero-order valence-corrected chi connectivity index (χ0v) is 19.1. The largest absolute Gasteiger partial charge is 0.406 e. The molecule has 31 heavy (non-hydrogen) atoms. The second-order valence-corrected chi connectivity index (χ2v) is 8.30. The van der Waals surface area contributed by atoms with Gasteiger partial charge in [0.25, 0.3) is 0 Å². The molecule has 160 valence electrons. The minimum absolute atomic E-state index is 0.0190. The lowest BCUT2D eigenvalue weighted by atomic mass is 10.0. The van der Waals surface area contributed by atoms with Gasteiger partial charge in [0.1, 0.15) is 5.82 Å². The summed E-state index contributed by atoms with van der Waals surface area (Å²) in [6, 6.07) is 13.2. The number of fused-ring (bicyclic) bond motifs is 1. The number of aromatic nitrogens is 2. The fourth-order valence-corrected chi connectivity index (χ4v) is 4.41. The molecular formula is C25H23Cl2FN2O. The summed E-state index contributed by atoms with van der Waals surface area (Å²) in [6.07, 6.45) is 6.22. The predicted molar refractivity (Wildman–Crippen MR) is 127 cm³/mol. The minimum atomic E-state index is -0.546. The minimum Gasteiger partial charge on any atom is -0.406 e. The predicted octanol–water partition coefficient (Wildman–Crippen LogP) is 7.86. The Kier molecular flexibility index (Phi) is 6.12. The van der Waals surface area contributed by atoms with Crippen molar-refractivity contribution in [2.24, 2.45) is 0 Å². The first-order valence-corrected chi connectivity index (χ1v) is 10.9. The van der Waals surface area contributed by atoms with Crippen molar-refractivity contribution in [2.75, 3.05) is 0 Å². The number of aryl methyl sites for hydroxylation is 1. The standard InChI is InChI=1S/C25H23Cl2FN2O/c1-4-17(19-6-5-18-9-11-29-22(18)13-19)14-23-15(2)10-12-30(23)31-16(3)24-20(26)7-8-21(28)25(24)27/h5-14,16,29H,4H2,1-3H3/b17-14+. The van der Waals surface area contributed by atoms with Gasteiger partial charge in [0, 0.05) is 28.5 Å². The Morgan fingerprint density at radius 2 is 2.00 bits per heavy atom. The van der Waals surface area contributed by atoms with E-state index < -0.39 is 11.9 Å². The lowest BCUT2D eigenvalue weighted by Gasteiger charge is -2.20. The fraction of sp³-hybridized carbons (Fsp3) is 0.200. The molecule has 2 aromatic carbocycles. The van der Waals surface area contributed by atoms with Crippen molar-refractivity contribution in [1.82, 2.24) is 9.71 Å². The average Bonchev–Trinajstić information content (AvgIpc) is 3.35. The summed E-state index contributed by atoms with van der Waals surface area (Å²) < 4.78 is 15.7. The first-order chi connectivity index (χ1) is 14.9. The van der Waals surface area contributed by atoms with Gasteiger partial charge in [-0.05, 0) is 78.8 Å². The van der Waals surface area contributed by atoms with E-state index in [4.69, 9.17) is 28.0 Å². The summed E-state index contributed by atoms with van der Waals surface area (Å²) in [6.45, 7) is 5.96. The van der Waals surface area contributed by atoms with E-state index in [2.05, 4.69) is 42.2 Å². The van der Waals surface area contributed by atoms with Crippen LogP contribution in [0.5, 0.6) is 0 Å². The number of H-pyrrole nitrogens is 1. The summed E-state index contributed by atoms with van der Waals surface area (Å²) >= 11 is 12.4. The maximum Gasteiger partial charge on any atom is 0.150 e. The quantitative estimate of drug-likeness (QED) is 0.294. The van der Waals surface area contributed by atoms with E-state index in [1.807, 2.05) is 25.4 Å². The molecule has 0 bridgehead atoms. The van der Waals surface area contributed by atoms with Gasteiger partial charge in [-0.3, -0.25) is 0 Å². The van der Waals surface area contributed by atoms with Crippen molar-refractivity contribution in [3.8, 4) is 0 Å². The Labute approximate surface area is 191 Å². The molecule has 4 aromatic rings. The van der Waals surface area contributed by atoms with Crippen LogP contribution in [-0.2, 0) is 0 Å². The van der Waals surface area contributed by atoms with Crippen molar-refractivity contribution in [2.45, 2.75) is 33.3 Å². The number of halogens is 3. The van der Waals surface area contributed by atoms with Gasteiger partial charge < -0.3 is 9.82 Å². The summed E-state index contributed by atoms with van der Waals surface area (Å²) in [5, 5.41) is 1.53. The van der Waals surface area contributed by atoms with Crippen molar-refractivity contribution in [3.63, 3.8) is 0 Å². The van der Waals surface area contributed by atoms with Crippen LogP contribution in [0, 0.1) is 12.7 Å². The summed E-state index contributed by atoms with van der Waals surface area (Å²) in [7, 11) is 0. The van der Waals surface area contributed by atoms with E-state index in [-0.39, 0.29) is 5.02 Å². The normalized spacial score (nSPS) is 13.0. The number of nitrogens with one attached hydrogen (secondary N) is 1. The molecule has 0 aliphatic rings. The van der Waals surface area contributed by atoms with Crippen LogP contribution in [0.15, 0.2) is 54.9 Å². The first-order valence-electron chi connectivity index (χ1n) is 10.2. The second kappa shape index (κ2) is 8.81. The van der Waals surface area contributed by atoms with Crippen LogP contribution < -0.4 is 4.84 Å². The lowest BCUT2D eigenvalue weighted by molar-refractivity contribution is 0.0470. The number of aromatic amines is 1. The third kappa shape index (κ3) is 4.23. The Morgan fingerprint density at radius 1 is 1.19 bits per heavy atom. The Bertz CT molecular complexity index is 1270. The molecule has 0 fully saturated rings. The highest BCUT2D eigenvalue weighted by molar-refractivity contribution is 6.36. The van der Waals surface area contributed by atoms with Crippen molar-refractivity contribution in [1.29, 1.82) is 0 Å². The molecule has 3 nitrogen and oxygen atoms in total. The van der Waals surface area contributed by atoms with Gasteiger partial charge in [0.2, 0.25) is 0 Å². The maximum atomic E-state index is 14.0. The van der Waals surface area contributed by atoms with Crippen molar-refractivity contribution >= 4 is 45.8 Å². The summed E-state index contributed by atoms with van der Waals surface area (Å²) in [5.41, 5.74) is 5.84. The van der Waals surface area contributed by atoms with Crippen LogP contribution in [0.4, 0.5) is 4.39 Å². The highest BCUT2D eigenvalue weighted by Gasteiger charge is 2.20. The van der Waals surface area contributed by atoms with Gasteiger partial charge >= 0.3 is 0 Å². The van der Waals surface area contributed by atoms with Gasteiger partial charge in [0.05, 0.1) is 10.7 Å². The molecule has 0 saturated carbocycles. The number of hydrogen-bond donors (Lipinski definition) is 1. The monoisotopic (exact) mass is 456 g/mol. The molecule has 0 amide bonds. The molecule has 2 aromatic heterocycles. The van der Waals surface area contributed by atoms with Gasteiger partial charge in [-0.15, -0.1) is 0 Å². The van der Waals surface area contributed by atoms with Crippen LogP contribution in [0.2, 0.25) is 10.0 Å². The average molecular weight is 457 g/mol. The zero-order chi connectivity index (χ0) is 22.1. The van der Waals surface area contributed by atoms with E-state index in [0.717, 1.165) is 28.8 Å². The van der Waals surface area contributed by atoms with E-state index in [0.29, 0.717) is 10.6 Å². The van der Waals surface area contributed by atoms with Gasteiger partial charge in [0.15, 0.2) is 6.10 Å². The maximum absolute atomic E-state index is 14.0. The van der Waals surface area contributed by atoms with E-state index in [1.165, 1.54) is 23.1 Å². The van der Waals surface area contributed by atoms with Crippen LogP contribution >= 0.6 is 23.2 Å². The Balaban J connectivity index is 1.69. The number of rotatable bonds is 6. The Hall–Kier alpha value is -2.69. The molecule has 0 spiro atoms. The third-order valence-electron chi connectivity index (χ3n) is 5.48. The SMILES string of the molecule is CC/C(=C\c1c(C)ccn1OC(C)c1c(Cl)ccc(F)c1Cl)c1ccc2cc[nH]c2c1. The topological polar surface area (TPSA) is 29.9 Å². The number of nitrogens with zero attached hydrogens (tertiary/aromatic N) is 1. The number of hydrogen-bond acceptors (Lipinski definition) is 1. The molecule has 0 aliphatic carbocycles. The molecular weight excluding hydrogens is 434 g/mol. The van der Waals surface area contributed by atoms with Gasteiger partial charge in [-0.2, -0.15) is 4.73 Å². The smallest absolute Gasteiger partial charge is 0.150 e. The van der Waals surface area contributed by atoms with Crippen molar-refractivity contribution in [3.05, 3.63) is 93.1 Å². The molecule has 6 heteroatoms. The second-order valence-electron chi connectivity index (χ2n) is 7.52. The molecule has 0 radical (unpaired) electrons. The van der Waals surface area contributed by atoms with Crippen LogP contribution in [0.3, 0.4) is 0 Å². The summed E-state index contributed by atoms with van der Waals surface area (Å²) in [5.74, 6) is -0.520. The van der Waals surface area contributed by atoms with Gasteiger partial charge in [-0.1, -0.05) is 42.3 Å². The molecule has 1 unspecified atom stereocenters. The molecule has 1 N–H and O–H groups in total. The number of benzene rings is 2. The highest BCUT2D eigenvalue weighted by Crippen LogP contribution is 2.33. The molecule has 1 atom stereocenters. The van der Waals surface area contributed by atoms with E-state index in [9.17, 15) is 4.39 Å². The zero-order valence-electron chi connectivity index (χ0n) is 17.5. The van der Waals surface area contributed by atoms with Crippen LogP contribution in [-0.4, -0.2) is 9.71 Å². The molecule has 2 heterocycles. The number of allylic oxidation sites excluding steroid dienone is 1. The van der Waals surface area contributed by atoms with Crippen LogP contribution in [0.25, 0.3) is 22.6 Å². The molecule has 4 rings (SSSR count). The molecule has 0 aliphatic heterocycles. The lowest BCUT2D eigenvalue weighted by Crippen LogP contribution is -2.17. The fourth-order valence-electron chi connectivity index (χ4n) is 3.73. The van der Waals surface area contributed by atoms with E-state index >= 15 is 0 Å². The summed E-state index contributed by atoms with van der Waals surface area (Å²) in [4.78, 5) is 9.41. The first kappa shape index (κ1) is 21.5. The molecule has 0 saturated heterocycles. The van der Waals surface area contributed by atoms with Crippen LogP contribution in [0.1, 0.15) is 48.8 Å². The third-order valence-corrected chi connectivity index (χ3v) is 6.19. The van der Waals surface area contributed by atoms with E-state index in [1.54, 1.807) is 11.7 Å².